The van der Waals surface area contributed by atoms with Gasteiger partial charge in [-0.25, -0.2) is 0 Å². The zero-order valence-corrected chi connectivity index (χ0v) is 21.0. The second-order valence-corrected chi connectivity index (χ2v) is 13.3. The number of rotatable bonds is 1. The third-order valence-corrected chi connectivity index (χ3v) is 11.7. The molecule has 2 saturated carbocycles. The molecule has 7 nitrogen and oxygen atoms in total. The number of hydrogen-bond acceptors (Lipinski definition) is 7. The third kappa shape index (κ3) is 2.38. The van der Waals surface area contributed by atoms with Crippen LogP contribution < -0.4 is 0 Å². The third-order valence-electron chi connectivity index (χ3n) is 11.7. The highest BCUT2D eigenvalue weighted by molar-refractivity contribution is 5.98. The van der Waals surface area contributed by atoms with Crippen LogP contribution in [0.1, 0.15) is 72.6 Å². The summed E-state index contributed by atoms with van der Waals surface area (Å²) in [4.78, 5) is 26.1. The summed E-state index contributed by atoms with van der Waals surface area (Å²) in [6.07, 6.45) is 9.03. The molecule has 11 atom stereocenters. The van der Waals surface area contributed by atoms with Crippen molar-refractivity contribution in [1.82, 2.24) is 0 Å². The molecule has 7 heteroatoms. The lowest BCUT2D eigenvalue weighted by Gasteiger charge is -2.66. The first-order valence-corrected chi connectivity index (χ1v) is 13.3. The number of ether oxygens (including phenoxy) is 3. The molecule has 0 aromatic carbocycles. The first kappa shape index (κ1) is 22.6. The molecule has 0 aromatic rings. The quantitative estimate of drug-likeness (QED) is 0.436. The molecule has 190 valence electrons. The fraction of sp³-hybridized carbons (Fsp3) is 0.786. The highest BCUT2D eigenvalue weighted by Crippen LogP contribution is 2.70. The van der Waals surface area contributed by atoms with Crippen molar-refractivity contribution in [2.45, 2.75) is 107 Å². The monoisotopic (exact) mass is 484 g/mol. The van der Waals surface area contributed by atoms with Gasteiger partial charge in [0.1, 0.15) is 11.7 Å². The Bertz CT molecular complexity index is 1100. The topological polar surface area (TPSA) is 102 Å². The zero-order chi connectivity index (χ0) is 24.8. The molecule has 0 amide bonds. The van der Waals surface area contributed by atoms with Crippen molar-refractivity contribution in [3.05, 3.63) is 23.8 Å². The van der Waals surface area contributed by atoms with Gasteiger partial charge < -0.3 is 24.4 Å². The number of hydrogen-bond donors (Lipinski definition) is 2. The molecule has 8 rings (SSSR count). The largest absolute Gasteiger partial charge is 0.461 e. The second-order valence-electron chi connectivity index (χ2n) is 13.3. The second kappa shape index (κ2) is 6.29. The Kier molecular flexibility index (Phi) is 4.07. The molecule has 4 bridgehead atoms. The van der Waals surface area contributed by atoms with Crippen molar-refractivity contribution in [3.63, 3.8) is 0 Å². The van der Waals surface area contributed by atoms with E-state index in [0.717, 1.165) is 18.4 Å². The van der Waals surface area contributed by atoms with Crippen LogP contribution in [0, 0.1) is 28.6 Å². The van der Waals surface area contributed by atoms with Crippen molar-refractivity contribution in [2.75, 3.05) is 0 Å². The molecular formula is C28H36O7. The fourth-order valence-corrected chi connectivity index (χ4v) is 9.29. The number of carbonyl (C=O) groups excluding carboxylic acids is 2. The molecule has 6 fully saturated rings. The van der Waals surface area contributed by atoms with Crippen LogP contribution in [0.4, 0.5) is 0 Å². The first-order valence-electron chi connectivity index (χ1n) is 13.3. The SMILES string of the molecule is C[C@]12C(=O)C=CCC1=C[C@H]1O[C@]3([C@@H]4C[C@]5(C)C(=O)O[C@H]4C[C@@]5(C)O)CC[C@@]4(O3)[C@H]1[C@@H]2CC[C@]4(C)O. The van der Waals surface area contributed by atoms with E-state index in [-0.39, 0.29) is 35.6 Å². The summed E-state index contributed by atoms with van der Waals surface area (Å²) in [6, 6.07) is 0. The minimum Gasteiger partial charge on any atom is -0.461 e. The molecule has 4 heterocycles. The summed E-state index contributed by atoms with van der Waals surface area (Å²) in [5.41, 5.74) is -3.58. The molecular weight excluding hydrogens is 448 g/mol. The Morgan fingerprint density at radius 2 is 1.74 bits per heavy atom. The first-order chi connectivity index (χ1) is 16.3. The van der Waals surface area contributed by atoms with E-state index in [0.29, 0.717) is 32.1 Å². The average molecular weight is 485 g/mol. The molecule has 0 radical (unpaired) electrons. The van der Waals surface area contributed by atoms with Crippen LogP contribution in [0.3, 0.4) is 0 Å². The van der Waals surface area contributed by atoms with Crippen LogP contribution >= 0.6 is 0 Å². The molecule has 4 aliphatic heterocycles. The molecule has 1 spiro atoms. The lowest BCUT2D eigenvalue weighted by Crippen LogP contribution is -2.74. The van der Waals surface area contributed by atoms with Gasteiger partial charge in [-0.1, -0.05) is 17.7 Å². The minimum absolute atomic E-state index is 0.0279. The van der Waals surface area contributed by atoms with E-state index in [1.807, 2.05) is 13.0 Å². The van der Waals surface area contributed by atoms with Crippen molar-refractivity contribution in [1.29, 1.82) is 0 Å². The molecule has 8 aliphatic rings. The van der Waals surface area contributed by atoms with Crippen LogP contribution in [0.15, 0.2) is 23.8 Å². The van der Waals surface area contributed by atoms with Crippen LogP contribution in [-0.2, 0) is 23.8 Å². The van der Waals surface area contributed by atoms with Gasteiger partial charge in [0.05, 0.1) is 34.1 Å². The number of esters is 1. The zero-order valence-electron chi connectivity index (χ0n) is 21.0. The van der Waals surface area contributed by atoms with Crippen LogP contribution in [0.5, 0.6) is 0 Å². The van der Waals surface area contributed by atoms with Gasteiger partial charge in [-0.3, -0.25) is 9.59 Å². The Morgan fingerprint density at radius 1 is 0.971 bits per heavy atom. The number of fused-ring (bicyclic) bond motifs is 7. The van der Waals surface area contributed by atoms with Crippen molar-refractivity contribution < 1.29 is 34.0 Å². The van der Waals surface area contributed by atoms with Crippen LogP contribution in [0.2, 0.25) is 0 Å². The molecule has 2 N–H and O–H groups in total. The maximum Gasteiger partial charge on any atom is 0.315 e. The Balaban J connectivity index is 1.35. The molecule has 4 aliphatic carbocycles. The maximum absolute atomic E-state index is 13.3. The highest BCUT2D eigenvalue weighted by atomic mass is 16.7. The predicted molar refractivity (Wildman–Crippen MR) is 124 cm³/mol. The van der Waals surface area contributed by atoms with Gasteiger partial charge in [0.2, 0.25) is 0 Å². The molecule has 35 heavy (non-hydrogen) atoms. The summed E-state index contributed by atoms with van der Waals surface area (Å²) in [7, 11) is 0. The van der Waals surface area contributed by atoms with E-state index in [4.69, 9.17) is 14.2 Å². The Morgan fingerprint density at radius 3 is 2.49 bits per heavy atom. The lowest BCUT2D eigenvalue weighted by atomic mass is 9.47. The van der Waals surface area contributed by atoms with Gasteiger partial charge in [0, 0.05) is 18.8 Å². The van der Waals surface area contributed by atoms with E-state index < -0.39 is 39.5 Å². The van der Waals surface area contributed by atoms with Gasteiger partial charge in [-0.2, -0.15) is 0 Å². The van der Waals surface area contributed by atoms with Crippen molar-refractivity contribution in [2.24, 2.45) is 28.6 Å². The van der Waals surface area contributed by atoms with Crippen LogP contribution in [-0.4, -0.2) is 56.8 Å². The molecule has 0 unspecified atom stereocenters. The number of aliphatic hydroxyl groups is 2. The van der Waals surface area contributed by atoms with Gasteiger partial charge in [0.15, 0.2) is 11.6 Å². The van der Waals surface area contributed by atoms with E-state index >= 15 is 0 Å². The molecule has 0 aromatic heterocycles. The van der Waals surface area contributed by atoms with Gasteiger partial charge >= 0.3 is 5.97 Å². The van der Waals surface area contributed by atoms with Gasteiger partial charge in [0.25, 0.3) is 0 Å². The highest BCUT2D eigenvalue weighted by Gasteiger charge is 2.77. The number of ketones is 1. The Labute approximate surface area is 205 Å². The summed E-state index contributed by atoms with van der Waals surface area (Å²) in [5, 5.41) is 22.9. The standard InChI is InChI=1S/C28H36O7/c1-23-13-17(19(33-22(23)30)14-25(23,3)32)28-11-10-27(35-28)21-16(8-9-24(27,2)31)26(4)15(12-18(21)34-28)6-5-7-20(26)29/h5,7,12,16-19,21,31-32H,6,8-11,13-14H2,1-4H3/t16-,17+,18+,19-,21-,23+,24-,25+,26-,27+,28+/m0/s1. The van der Waals surface area contributed by atoms with Crippen molar-refractivity contribution in [3.8, 4) is 0 Å². The predicted octanol–water partition coefficient (Wildman–Crippen LogP) is 2.98. The van der Waals surface area contributed by atoms with Gasteiger partial charge in [-0.15, -0.1) is 0 Å². The minimum atomic E-state index is -1.15. The normalized spacial score (nSPS) is 60.1. The fourth-order valence-electron chi connectivity index (χ4n) is 9.29. The summed E-state index contributed by atoms with van der Waals surface area (Å²) in [5.74, 6) is -1.57. The Hall–Kier alpha value is -1.54. The van der Waals surface area contributed by atoms with E-state index in [2.05, 4.69) is 13.0 Å². The number of allylic oxidation sites excluding steroid dienone is 3. The van der Waals surface area contributed by atoms with E-state index in [1.165, 1.54) is 0 Å². The van der Waals surface area contributed by atoms with E-state index in [9.17, 15) is 19.8 Å². The smallest absolute Gasteiger partial charge is 0.315 e. The average Bonchev–Trinajstić information content (AvgIpc) is 3.09. The van der Waals surface area contributed by atoms with E-state index in [1.54, 1.807) is 19.9 Å². The maximum atomic E-state index is 13.3. The van der Waals surface area contributed by atoms with Crippen LogP contribution in [0.25, 0.3) is 0 Å². The summed E-state index contributed by atoms with van der Waals surface area (Å²) >= 11 is 0. The number of carbonyl (C=O) groups is 2. The van der Waals surface area contributed by atoms with Gasteiger partial charge in [-0.05, 0) is 71.8 Å². The summed E-state index contributed by atoms with van der Waals surface area (Å²) in [6.45, 7) is 7.45. The lowest BCUT2D eigenvalue weighted by molar-refractivity contribution is -0.408. The van der Waals surface area contributed by atoms with Crippen molar-refractivity contribution >= 4 is 11.8 Å². The summed E-state index contributed by atoms with van der Waals surface area (Å²) < 4.78 is 19.8. The molecule has 4 saturated heterocycles.